The minimum Gasteiger partial charge on any atom is -0.508 e. The summed E-state index contributed by atoms with van der Waals surface area (Å²) in [5.74, 6) is -5.36. The second kappa shape index (κ2) is 24.9. The Morgan fingerprint density at radius 3 is 1.84 bits per heavy atom. The van der Waals surface area contributed by atoms with E-state index in [0.717, 1.165) is 0 Å². The second-order valence-electron chi connectivity index (χ2n) is 16.9. The van der Waals surface area contributed by atoms with Gasteiger partial charge in [-0.3, -0.25) is 38.8 Å². The number of nitrogens with two attached hydrogens (primary N) is 4. The van der Waals surface area contributed by atoms with Crippen molar-refractivity contribution in [1.82, 2.24) is 31.5 Å². The summed E-state index contributed by atoms with van der Waals surface area (Å²) in [6.45, 7) is 10.8. The Hall–Kier alpha value is -6.15. The highest BCUT2D eigenvalue weighted by Gasteiger charge is 2.41. The molecule has 346 valence electrons. The zero-order valence-corrected chi connectivity index (χ0v) is 36.7. The van der Waals surface area contributed by atoms with Gasteiger partial charge in [0, 0.05) is 32.5 Å². The Labute approximate surface area is 363 Å². The molecule has 6 atom stereocenters. The predicted molar refractivity (Wildman–Crippen MR) is 233 cm³/mol. The van der Waals surface area contributed by atoms with Crippen LogP contribution in [0.3, 0.4) is 0 Å². The molecular weight excluding hydrogens is 805 g/mol. The van der Waals surface area contributed by atoms with E-state index >= 15 is 0 Å². The molecule has 1 heterocycles. The van der Waals surface area contributed by atoms with Crippen molar-refractivity contribution in [3.63, 3.8) is 0 Å². The van der Waals surface area contributed by atoms with Crippen molar-refractivity contribution in [2.75, 3.05) is 19.6 Å². The molecule has 0 saturated carbocycles. The summed E-state index contributed by atoms with van der Waals surface area (Å²) in [4.78, 5) is 104. The highest BCUT2D eigenvalue weighted by atomic mass is 16.4. The summed E-state index contributed by atoms with van der Waals surface area (Å²) in [7, 11) is 0. The predicted octanol–water partition coefficient (Wildman–Crippen LogP) is -0.956. The normalized spacial score (nSPS) is 16.1. The molecular formula is C41H68N12O9. The fraction of sp³-hybridized carbons (Fsp3) is 0.634. The number of aliphatic imine (C=N–C) groups is 2. The summed E-state index contributed by atoms with van der Waals surface area (Å²) >= 11 is 0. The average Bonchev–Trinajstić information content (AvgIpc) is 3.68. The molecule has 0 radical (unpaired) electrons. The van der Waals surface area contributed by atoms with Crippen LogP contribution in [0.15, 0.2) is 34.3 Å². The fourth-order valence-corrected chi connectivity index (χ4v) is 6.82. The number of carbonyl (C=O) groups is 7. The number of guanidine groups is 2. The van der Waals surface area contributed by atoms with Crippen LogP contribution < -0.4 is 49.5 Å². The van der Waals surface area contributed by atoms with Crippen molar-refractivity contribution < 1.29 is 43.8 Å². The number of likely N-dealkylation sites (tertiary alicyclic amines) is 1. The van der Waals surface area contributed by atoms with Crippen molar-refractivity contribution >= 4 is 53.3 Å². The van der Waals surface area contributed by atoms with Gasteiger partial charge >= 0.3 is 5.97 Å². The molecule has 0 unspecified atom stereocenters. The van der Waals surface area contributed by atoms with Crippen molar-refractivity contribution in [2.24, 2.45) is 44.3 Å². The molecule has 1 aliphatic rings. The number of nitrogens with zero attached hydrogens (tertiary/aromatic N) is 3. The van der Waals surface area contributed by atoms with Crippen LogP contribution in [-0.4, -0.2) is 124 Å². The summed E-state index contributed by atoms with van der Waals surface area (Å²) < 4.78 is 0. The molecule has 15 N–H and O–H groups in total. The summed E-state index contributed by atoms with van der Waals surface area (Å²) in [5, 5.41) is 33.2. The number of aliphatic carboxylic acids is 1. The van der Waals surface area contributed by atoms with Crippen molar-refractivity contribution in [3.8, 4) is 5.75 Å². The standard InChI is InChI=1S/C41H68N12O9/c1-7-31(55)48-26(11-8-18-46-39(42)43)33(56)49-27(12-9-19-47-40(44)45)37(60)53-20-10-13-30(53)35(58)50-28(22-24-14-16-25(54)17-15-24)34(57)52-32(41(4,5)6)36(59)51-29(38(61)62)21-23(2)3/h14-17,23,26-30,32,54H,7-13,18-22H2,1-6H3,(H,48,55)(H,49,56)(H,50,58)(H,51,59)(H,52,57)(H,61,62)(H4,42,43,46)(H4,44,45,47)/t26-,27-,28-,29-,30-,32+/m0/s1. The second-order valence-corrected chi connectivity index (χ2v) is 16.9. The lowest BCUT2D eigenvalue weighted by atomic mass is 9.85. The van der Waals surface area contributed by atoms with Crippen LogP contribution in [0.5, 0.6) is 5.75 Å². The molecule has 0 spiro atoms. The molecule has 0 aromatic heterocycles. The maximum absolute atomic E-state index is 14.4. The number of aromatic hydroxyl groups is 1. The fourth-order valence-electron chi connectivity index (χ4n) is 6.82. The lowest BCUT2D eigenvalue weighted by Gasteiger charge is -2.33. The quantitative estimate of drug-likeness (QED) is 0.0339. The van der Waals surface area contributed by atoms with E-state index in [1.807, 2.05) is 13.8 Å². The number of benzene rings is 1. The number of nitrogens with one attached hydrogen (secondary N) is 5. The van der Waals surface area contributed by atoms with Gasteiger partial charge in [-0.05, 0) is 74.0 Å². The van der Waals surface area contributed by atoms with Crippen LogP contribution >= 0.6 is 0 Å². The number of hydrogen-bond acceptors (Lipinski definition) is 10. The third kappa shape index (κ3) is 17.8. The first-order valence-electron chi connectivity index (χ1n) is 21.0. The monoisotopic (exact) mass is 873 g/mol. The zero-order valence-electron chi connectivity index (χ0n) is 36.7. The van der Waals surface area contributed by atoms with Gasteiger partial charge < -0.3 is 64.6 Å². The Morgan fingerprint density at radius 2 is 1.32 bits per heavy atom. The smallest absolute Gasteiger partial charge is 0.326 e. The minimum absolute atomic E-state index is 0.0253. The van der Waals surface area contributed by atoms with Gasteiger partial charge in [0.15, 0.2) is 11.9 Å². The molecule has 1 fully saturated rings. The number of carbonyl (C=O) groups excluding carboxylic acids is 6. The Morgan fingerprint density at radius 1 is 0.774 bits per heavy atom. The van der Waals surface area contributed by atoms with E-state index in [-0.39, 0.29) is 88.2 Å². The number of carboxylic acid groups (broad SMARTS) is 1. The lowest BCUT2D eigenvalue weighted by Crippen LogP contribution is -2.61. The van der Waals surface area contributed by atoms with Gasteiger partial charge in [0.25, 0.3) is 0 Å². The SMILES string of the molecule is CCC(=O)N[C@@H](CCCN=C(N)N)C(=O)N[C@@H](CCCN=C(N)N)C(=O)N1CCC[C@H]1C(=O)N[C@@H](Cc1ccc(O)cc1)C(=O)N[C@H](C(=O)N[C@@H](CC(C)C)C(=O)O)C(C)(C)C. The molecule has 1 aromatic rings. The summed E-state index contributed by atoms with van der Waals surface area (Å²) in [5.41, 5.74) is 21.5. The van der Waals surface area contributed by atoms with Gasteiger partial charge in [-0.25, -0.2) is 4.79 Å². The van der Waals surface area contributed by atoms with Crippen molar-refractivity contribution in [3.05, 3.63) is 29.8 Å². The van der Waals surface area contributed by atoms with E-state index in [4.69, 9.17) is 22.9 Å². The van der Waals surface area contributed by atoms with Gasteiger partial charge in [-0.2, -0.15) is 0 Å². The first-order valence-corrected chi connectivity index (χ1v) is 21.0. The molecule has 21 nitrogen and oxygen atoms in total. The average molecular weight is 873 g/mol. The van der Waals surface area contributed by atoms with Crippen LogP contribution in [0.1, 0.15) is 98.5 Å². The maximum atomic E-state index is 14.4. The first kappa shape index (κ1) is 52.0. The molecule has 1 aromatic carbocycles. The van der Waals surface area contributed by atoms with E-state index in [1.165, 1.54) is 17.0 Å². The molecule has 1 saturated heterocycles. The van der Waals surface area contributed by atoms with Crippen LogP contribution in [0.4, 0.5) is 0 Å². The lowest BCUT2D eigenvalue weighted by molar-refractivity contribution is -0.143. The van der Waals surface area contributed by atoms with Crippen LogP contribution in [-0.2, 0) is 40.0 Å². The van der Waals surface area contributed by atoms with E-state index in [1.54, 1.807) is 39.8 Å². The minimum atomic E-state index is -1.30. The number of phenols is 1. The van der Waals surface area contributed by atoms with Gasteiger partial charge in [-0.1, -0.05) is 53.7 Å². The number of carboxylic acids is 1. The molecule has 0 bridgehead atoms. The van der Waals surface area contributed by atoms with Crippen molar-refractivity contribution in [1.29, 1.82) is 0 Å². The largest absolute Gasteiger partial charge is 0.508 e. The van der Waals surface area contributed by atoms with Crippen molar-refractivity contribution in [2.45, 2.75) is 136 Å². The highest BCUT2D eigenvalue weighted by Crippen LogP contribution is 2.23. The summed E-state index contributed by atoms with van der Waals surface area (Å²) in [6.07, 6.45) is 1.62. The molecule has 1 aliphatic heterocycles. The zero-order chi connectivity index (χ0) is 46.7. The van der Waals surface area contributed by atoms with Crippen LogP contribution in [0, 0.1) is 11.3 Å². The number of rotatable bonds is 24. The molecule has 0 aliphatic carbocycles. The Bertz CT molecular complexity index is 1760. The number of hydrogen-bond donors (Lipinski definition) is 11. The highest BCUT2D eigenvalue weighted by molar-refractivity contribution is 5.97. The van der Waals surface area contributed by atoms with E-state index in [2.05, 4.69) is 36.6 Å². The van der Waals surface area contributed by atoms with Gasteiger partial charge in [0.1, 0.15) is 42.0 Å². The molecule has 6 amide bonds. The van der Waals surface area contributed by atoms with E-state index in [9.17, 15) is 43.8 Å². The topological polar surface area (TPSA) is 352 Å². The van der Waals surface area contributed by atoms with Gasteiger partial charge in [0.05, 0.1) is 0 Å². The van der Waals surface area contributed by atoms with E-state index in [0.29, 0.717) is 18.4 Å². The maximum Gasteiger partial charge on any atom is 0.326 e. The third-order valence-corrected chi connectivity index (χ3v) is 10.1. The molecule has 2 rings (SSSR count). The third-order valence-electron chi connectivity index (χ3n) is 10.1. The number of phenolic OH excluding ortho intramolecular Hbond substituents is 1. The molecule has 21 heteroatoms. The van der Waals surface area contributed by atoms with Crippen LogP contribution in [0.25, 0.3) is 0 Å². The Balaban J connectivity index is 2.44. The van der Waals surface area contributed by atoms with Crippen LogP contribution in [0.2, 0.25) is 0 Å². The number of amides is 6. The summed E-state index contributed by atoms with van der Waals surface area (Å²) in [6, 6.07) is -1.05. The van der Waals surface area contributed by atoms with E-state index < -0.39 is 83.1 Å². The Kier molecular flexibility index (Phi) is 20.9. The first-order chi connectivity index (χ1) is 29.0. The van der Waals surface area contributed by atoms with Gasteiger partial charge in [-0.15, -0.1) is 0 Å². The van der Waals surface area contributed by atoms with Gasteiger partial charge in [0.2, 0.25) is 35.4 Å². The molecule has 62 heavy (non-hydrogen) atoms.